The van der Waals surface area contributed by atoms with Gasteiger partial charge in [0, 0.05) is 0 Å². The Labute approximate surface area is 112 Å². The average Bonchev–Trinajstić information content (AvgIpc) is 2.80. The Hall–Kier alpha value is -2.09. The fourth-order valence-corrected chi connectivity index (χ4v) is 2.25. The molecule has 1 aromatic heterocycles. The van der Waals surface area contributed by atoms with E-state index in [4.69, 9.17) is 10.5 Å². The summed E-state index contributed by atoms with van der Waals surface area (Å²) in [5, 5.41) is 12.8. The van der Waals surface area contributed by atoms with Crippen LogP contribution in [0.25, 0.3) is 0 Å². The molecule has 0 radical (unpaired) electrons. The number of fused-ring (bicyclic) bond motifs is 1. The highest BCUT2D eigenvalue weighted by Gasteiger charge is 2.17. The van der Waals surface area contributed by atoms with E-state index in [9.17, 15) is 4.39 Å². The Morgan fingerprint density at radius 1 is 1.32 bits per heavy atom. The first-order valence-corrected chi connectivity index (χ1v) is 6.50. The van der Waals surface area contributed by atoms with E-state index in [1.54, 1.807) is 16.8 Å². The number of thioether (sulfide) groups is 1. The Balaban J connectivity index is 1.75. The molecule has 6 nitrogen and oxygen atoms in total. The highest BCUT2D eigenvalue weighted by molar-refractivity contribution is 7.99. The quantitative estimate of drug-likeness (QED) is 0.914. The van der Waals surface area contributed by atoms with Gasteiger partial charge in [-0.15, -0.1) is 10.2 Å². The largest absolute Gasteiger partial charge is 0.486 e. The lowest BCUT2D eigenvalue weighted by Crippen LogP contribution is -2.21. The molecule has 0 fully saturated rings. The van der Waals surface area contributed by atoms with Crippen LogP contribution in [0.15, 0.2) is 34.5 Å². The lowest BCUT2D eigenvalue weighted by Gasteiger charge is -2.10. The second-order valence-electron chi connectivity index (χ2n) is 3.83. The zero-order chi connectivity index (χ0) is 13.2. The van der Waals surface area contributed by atoms with Crippen molar-refractivity contribution >= 4 is 17.6 Å². The highest BCUT2D eigenvalue weighted by atomic mass is 32.2. The third-order valence-electron chi connectivity index (χ3n) is 2.44. The van der Waals surface area contributed by atoms with E-state index in [0.717, 1.165) is 0 Å². The molecule has 0 aliphatic carbocycles. The van der Waals surface area contributed by atoms with Gasteiger partial charge in [0.15, 0.2) is 5.82 Å². The summed E-state index contributed by atoms with van der Waals surface area (Å²) in [7, 11) is 0. The molecule has 3 rings (SSSR count). The SMILES string of the molecule is NC1=Nn2c(COc3ccc(F)cc3)nnc2SC1. The summed E-state index contributed by atoms with van der Waals surface area (Å²) >= 11 is 1.47. The van der Waals surface area contributed by atoms with E-state index in [2.05, 4.69) is 15.3 Å². The van der Waals surface area contributed by atoms with Gasteiger partial charge in [0.1, 0.15) is 24.0 Å². The molecule has 0 amide bonds. The van der Waals surface area contributed by atoms with E-state index in [1.165, 1.54) is 23.9 Å². The predicted octanol–water partition coefficient (Wildman–Crippen LogP) is 1.22. The lowest BCUT2D eigenvalue weighted by atomic mass is 10.3. The molecule has 0 unspecified atom stereocenters. The topological polar surface area (TPSA) is 78.3 Å². The molecule has 98 valence electrons. The van der Waals surface area contributed by atoms with Crippen molar-refractivity contribution in [1.29, 1.82) is 0 Å². The van der Waals surface area contributed by atoms with Gasteiger partial charge in [-0.25, -0.2) is 4.39 Å². The highest BCUT2D eigenvalue weighted by Crippen LogP contribution is 2.21. The van der Waals surface area contributed by atoms with E-state index in [0.29, 0.717) is 28.3 Å². The monoisotopic (exact) mass is 279 g/mol. The van der Waals surface area contributed by atoms with Crippen LogP contribution in [-0.4, -0.2) is 26.5 Å². The van der Waals surface area contributed by atoms with Crippen LogP contribution < -0.4 is 10.5 Å². The number of halogens is 1. The maximum absolute atomic E-state index is 12.8. The molecule has 1 aliphatic heterocycles. The van der Waals surface area contributed by atoms with Crippen molar-refractivity contribution in [3.05, 3.63) is 35.9 Å². The Morgan fingerprint density at radius 3 is 2.89 bits per heavy atom. The van der Waals surface area contributed by atoms with E-state index >= 15 is 0 Å². The summed E-state index contributed by atoms with van der Waals surface area (Å²) in [4.78, 5) is 0. The number of hydrogen-bond acceptors (Lipinski definition) is 6. The standard InChI is InChI=1S/C11H10FN5OS/c12-7-1-3-8(4-2-7)18-5-10-14-15-11-17(10)16-9(13)6-19-11/h1-4H,5-6H2,(H2,13,16). The third-order valence-corrected chi connectivity index (χ3v) is 3.39. The number of nitrogens with zero attached hydrogens (tertiary/aromatic N) is 4. The van der Waals surface area contributed by atoms with Gasteiger partial charge in [-0.1, -0.05) is 11.8 Å². The summed E-state index contributed by atoms with van der Waals surface area (Å²) in [6.45, 7) is 0.190. The normalized spacial score (nSPS) is 13.8. The molecule has 0 atom stereocenters. The van der Waals surface area contributed by atoms with Gasteiger partial charge in [0.2, 0.25) is 5.16 Å². The van der Waals surface area contributed by atoms with Crippen molar-refractivity contribution < 1.29 is 9.13 Å². The van der Waals surface area contributed by atoms with Crippen LogP contribution in [0.2, 0.25) is 0 Å². The Bertz CT molecular complexity index is 625. The molecule has 1 aliphatic rings. The molecule has 2 aromatic rings. The minimum atomic E-state index is -0.305. The molecule has 2 N–H and O–H groups in total. The lowest BCUT2D eigenvalue weighted by molar-refractivity contribution is 0.289. The summed E-state index contributed by atoms with van der Waals surface area (Å²) in [5.74, 6) is 1.92. The molecule has 1 aromatic carbocycles. The van der Waals surface area contributed by atoms with Gasteiger partial charge in [0.25, 0.3) is 0 Å². The average molecular weight is 279 g/mol. The second-order valence-corrected chi connectivity index (χ2v) is 4.78. The zero-order valence-corrected chi connectivity index (χ0v) is 10.6. The maximum atomic E-state index is 12.8. The van der Waals surface area contributed by atoms with Gasteiger partial charge in [-0.05, 0) is 24.3 Å². The summed E-state index contributed by atoms with van der Waals surface area (Å²) in [6, 6.07) is 5.77. The smallest absolute Gasteiger partial charge is 0.212 e. The van der Waals surface area contributed by atoms with Crippen LogP contribution in [0.5, 0.6) is 5.75 Å². The predicted molar refractivity (Wildman–Crippen MR) is 68.5 cm³/mol. The van der Waals surface area contributed by atoms with Crippen molar-refractivity contribution in [2.24, 2.45) is 10.8 Å². The van der Waals surface area contributed by atoms with Crippen LogP contribution in [0.3, 0.4) is 0 Å². The van der Waals surface area contributed by atoms with Gasteiger partial charge >= 0.3 is 0 Å². The number of aromatic nitrogens is 3. The second kappa shape index (κ2) is 4.88. The van der Waals surface area contributed by atoms with Crippen molar-refractivity contribution in [2.75, 3.05) is 5.75 Å². The first kappa shape index (κ1) is 12.0. The van der Waals surface area contributed by atoms with Crippen molar-refractivity contribution in [3.63, 3.8) is 0 Å². The van der Waals surface area contributed by atoms with Gasteiger partial charge in [-0.2, -0.15) is 9.78 Å². The van der Waals surface area contributed by atoms with Crippen LogP contribution in [-0.2, 0) is 6.61 Å². The molecular weight excluding hydrogens is 269 g/mol. The van der Waals surface area contributed by atoms with Gasteiger partial charge < -0.3 is 10.5 Å². The number of hydrogen-bond donors (Lipinski definition) is 1. The first-order chi connectivity index (χ1) is 9.22. The summed E-state index contributed by atoms with van der Waals surface area (Å²) < 4.78 is 19.8. The fraction of sp³-hybridized carbons (Fsp3) is 0.182. The number of nitrogens with two attached hydrogens (primary N) is 1. The number of rotatable bonds is 3. The minimum absolute atomic E-state index is 0.190. The number of benzene rings is 1. The van der Waals surface area contributed by atoms with E-state index < -0.39 is 0 Å². The first-order valence-electron chi connectivity index (χ1n) is 5.51. The van der Waals surface area contributed by atoms with Crippen LogP contribution in [0.4, 0.5) is 4.39 Å². The van der Waals surface area contributed by atoms with Crippen LogP contribution in [0, 0.1) is 5.82 Å². The van der Waals surface area contributed by atoms with Crippen molar-refractivity contribution in [2.45, 2.75) is 11.8 Å². The molecule has 0 bridgehead atoms. The van der Waals surface area contributed by atoms with Crippen LogP contribution >= 0.6 is 11.8 Å². The molecule has 0 saturated heterocycles. The minimum Gasteiger partial charge on any atom is -0.486 e. The molecule has 19 heavy (non-hydrogen) atoms. The Morgan fingerprint density at radius 2 is 2.11 bits per heavy atom. The fourth-order valence-electron chi connectivity index (χ4n) is 1.55. The van der Waals surface area contributed by atoms with Crippen LogP contribution in [0.1, 0.15) is 5.82 Å². The number of ether oxygens (including phenoxy) is 1. The summed E-state index contributed by atoms with van der Waals surface area (Å²) in [6.07, 6.45) is 0. The van der Waals surface area contributed by atoms with E-state index in [-0.39, 0.29) is 12.4 Å². The maximum Gasteiger partial charge on any atom is 0.212 e. The number of amidine groups is 1. The molecular formula is C11H10FN5OS. The van der Waals surface area contributed by atoms with Gasteiger partial charge in [-0.3, -0.25) is 0 Å². The molecule has 0 spiro atoms. The molecule has 8 heteroatoms. The molecule has 2 heterocycles. The van der Waals surface area contributed by atoms with Crippen molar-refractivity contribution in [3.8, 4) is 5.75 Å². The van der Waals surface area contributed by atoms with E-state index in [1.807, 2.05) is 0 Å². The third kappa shape index (κ3) is 2.53. The zero-order valence-electron chi connectivity index (χ0n) is 9.78. The van der Waals surface area contributed by atoms with Gasteiger partial charge in [0.05, 0.1) is 5.75 Å². The summed E-state index contributed by atoms with van der Waals surface area (Å²) in [5.41, 5.74) is 5.67. The molecule has 0 saturated carbocycles. The van der Waals surface area contributed by atoms with Crippen molar-refractivity contribution in [1.82, 2.24) is 14.9 Å². The Kier molecular flexibility index (Phi) is 3.08.